The topological polar surface area (TPSA) is 91.8 Å². The molecule has 3 N–H and O–H groups in total. The van der Waals surface area contributed by atoms with Crippen molar-refractivity contribution in [1.82, 2.24) is 10.6 Å². The van der Waals surface area contributed by atoms with Crippen molar-refractivity contribution in [3.05, 3.63) is 30.3 Å². The molecule has 7 nitrogen and oxygen atoms in total. The summed E-state index contributed by atoms with van der Waals surface area (Å²) in [5.74, 6) is 0. The fourth-order valence-corrected chi connectivity index (χ4v) is 1.05. The summed E-state index contributed by atoms with van der Waals surface area (Å²) < 4.78 is 4.75. The molecule has 4 amide bonds. The van der Waals surface area contributed by atoms with E-state index in [-0.39, 0.29) is 6.02 Å². The van der Waals surface area contributed by atoms with E-state index < -0.39 is 12.1 Å². The molecule has 0 atom stereocenters. The molecule has 0 aromatic heterocycles. The summed E-state index contributed by atoms with van der Waals surface area (Å²) in [4.78, 5) is 26.0. The van der Waals surface area contributed by atoms with Crippen LogP contribution < -0.4 is 16.0 Å². The number of para-hydroxylation sites is 1. The monoisotopic (exact) mass is 250 g/mol. The van der Waals surface area contributed by atoms with Gasteiger partial charge in [-0.05, 0) is 12.1 Å². The SMILES string of the molecule is CNC(=O)N=C(NC(=O)Nc1ccccc1)OC. The third-order valence-corrected chi connectivity index (χ3v) is 1.86. The first kappa shape index (κ1) is 13.5. The van der Waals surface area contributed by atoms with E-state index in [9.17, 15) is 9.59 Å². The van der Waals surface area contributed by atoms with Crippen LogP contribution in [0.5, 0.6) is 0 Å². The van der Waals surface area contributed by atoms with Crippen molar-refractivity contribution in [3.8, 4) is 0 Å². The van der Waals surface area contributed by atoms with Gasteiger partial charge in [0, 0.05) is 12.7 Å². The van der Waals surface area contributed by atoms with Crippen LogP contribution in [0.25, 0.3) is 0 Å². The van der Waals surface area contributed by atoms with E-state index in [1.807, 2.05) is 6.07 Å². The molecule has 0 bridgehead atoms. The number of nitrogens with one attached hydrogen (secondary N) is 3. The number of carbonyl (C=O) groups is 2. The molecule has 0 saturated carbocycles. The van der Waals surface area contributed by atoms with E-state index in [2.05, 4.69) is 20.9 Å². The maximum atomic E-state index is 11.5. The lowest BCUT2D eigenvalue weighted by molar-refractivity contribution is 0.248. The van der Waals surface area contributed by atoms with Gasteiger partial charge in [0.2, 0.25) is 0 Å². The Balaban J connectivity index is 2.58. The predicted octanol–water partition coefficient (Wildman–Crippen LogP) is 1.15. The lowest BCUT2D eigenvalue weighted by Gasteiger charge is -2.08. The number of anilines is 1. The molecule has 96 valence electrons. The summed E-state index contributed by atoms with van der Waals surface area (Å²) in [6, 6.07) is 7.48. The summed E-state index contributed by atoms with van der Waals surface area (Å²) in [6.07, 6.45) is 0. The molecule has 0 aliphatic carbocycles. The van der Waals surface area contributed by atoms with Gasteiger partial charge in [-0.25, -0.2) is 9.59 Å². The van der Waals surface area contributed by atoms with Crippen LogP contribution in [0.3, 0.4) is 0 Å². The maximum absolute atomic E-state index is 11.5. The number of hydrogen-bond donors (Lipinski definition) is 3. The Morgan fingerprint density at radius 1 is 1.22 bits per heavy atom. The van der Waals surface area contributed by atoms with Gasteiger partial charge in [-0.15, -0.1) is 4.99 Å². The molecule has 1 rings (SSSR count). The number of amidine groups is 1. The van der Waals surface area contributed by atoms with Crippen LogP contribution in [0, 0.1) is 0 Å². The van der Waals surface area contributed by atoms with Gasteiger partial charge in [0.05, 0.1) is 7.11 Å². The number of carbonyl (C=O) groups excluding carboxylic acids is 2. The van der Waals surface area contributed by atoms with Crippen LogP contribution in [-0.4, -0.2) is 32.2 Å². The second kappa shape index (κ2) is 6.89. The fourth-order valence-electron chi connectivity index (χ4n) is 1.05. The standard InChI is InChI=1S/C11H14N4O3/c1-12-9(16)14-11(18-2)15-10(17)13-8-6-4-3-5-7-8/h3-7H,1-2H3,(H3,12,13,14,15,16,17). The largest absolute Gasteiger partial charge is 0.468 e. The normalized spacial score (nSPS) is 10.4. The Bertz CT molecular complexity index is 445. The fraction of sp³-hybridized carbons (Fsp3) is 0.182. The van der Waals surface area contributed by atoms with Crippen LogP contribution in [0.2, 0.25) is 0 Å². The van der Waals surface area contributed by atoms with Crippen LogP contribution in [0.1, 0.15) is 0 Å². The van der Waals surface area contributed by atoms with E-state index in [0.717, 1.165) is 0 Å². The number of aliphatic imine (C=N–C) groups is 1. The minimum absolute atomic E-state index is 0.192. The zero-order valence-electron chi connectivity index (χ0n) is 10.1. The first-order valence-corrected chi connectivity index (χ1v) is 5.13. The summed E-state index contributed by atoms with van der Waals surface area (Å²) in [5.41, 5.74) is 0.616. The molecule has 0 aliphatic rings. The van der Waals surface area contributed by atoms with Gasteiger partial charge in [-0.2, -0.15) is 0 Å². The number of methoxy groups -OCH3 is 1. The predicted molar refractivity (Wildman–Crippen MR) is 67.5 cm³/mol. The highest BCUT2D eigenvalue weighted by Crippen LogP contribution is 2.03. The van der Waals surface area contributed by atoms with Crippen molar-refractivity contribution >= 4 is 23.8 Å². The Morgan fingerprint density at radius 2 is 1.89 bits per heavy atom. The van der Waals surface area contributed by atoms with Crippen molar-refractivity contribution in [1.29, 1.82) is 0 Å². The lowest BCUT2D eigenvalue weighted by Crippen LogP contribution is -2.36. The van der Waals surface area contributed by atoms with E-state index in [4.69, 9.17) is 4.74 Å². The average Bonchev–Trinajstić information content (AvgIpc) is 2.38. The number of benzene rings is 1. The first-order chi connectivity index (χ1) is 8.65. The molecule has 0 spiro atoms. The molecule has 1 aromatic rings. The third kappa shape index (κ3) is 4.52. The lowest BCUT2D eigenvalue weighted by atomic mass is 10.3. The molecule has 0 heterocycles. The van der Waals surface area contributed by atoms with Gasteiger partial charge in [0.25, 0.3) is 0 Å². The summed E-state index contributed by atoms with van der Waals surface area (Å²) in [7, 11) is 2.72. The Labute approximate surface area is 104 Å². The number of urea groups is 2. The highest BCUT2D eigenvalue weighted by atomic mass is 16.5. The van der Waals surface area contributed by atoms with Crippen molar-refractivity contribution in [2.45, 2.75) is 0 Å². The van der Waals surface area contributed by atoms with E-state index in [0.29, 0.717) is 5.69 Å². The van der Waals surface area contributed by atoms with Gasteiger partial charge < -0.3 is 15.4 Å². The quantitative estimate of drug-likeness (QED) is 0.515. The van der Waals surface area contributed by atoms with Gasteiger partial charge in [0.15, 0.2) is 0 Å². The maximum Gasteiger partial charge on any atom is 0.345 e. The van der Waals surface area contributed by atoms with E-state index in [1.54, 1.807) is 24.3 Å². The number of hydrogen-bond acceptors (Lipinski definition) is 3. The van der Waals surface area contributed by atoms with Crippen molar-refractivity contribution < 1.29 is 14.3 Å². The smallest absolute Gasteiger partial charge is 0.345 e. The molecule has 0 radical (unpaired) electrons. The third-order valence-electron chi connectivity index (χ3n) is 1.86. The highest BCUT2D eigenvalue weighted by Gasteiger charge is 2.07. The van der Waals surface area contributed by atoms with Gasteiger partial charge in [-0.3, -0.25) is 5.32 Å². The summed E-state index contributed by atoms with van der Waals surface area (Å²) in [5, 5.41) is 7.13. The zero-order valence-corrected chi connectivity index (χ0v) is 10.1. The molecule has 7 heteroatoms. The second-order valence-electron chi connectivity index (χ2n) is 3.12. The molecule has 0 unspecified atom stereocenters. The van der Waals surface area contributed by atoms with Crippen LogP contribution in [-0.2, 0) is 4.74 Å². The Kier molecular flexibility index (Phi) is 5.17. The number of nitrogens with zero attached hydrogens (tertiary/aromatic N) is 1. The van der Waals surface area contributed by atoms with Crippen molar-refractivity contribution in [2.24, 2.45) is 4.99 Å². The van der Waals surface area contributed by atoms with Gasteiger partial charge in [-0.1, -0.05) is 18.2 Å². The van der Waals surface area contributed by atoms with E-state index >= 15 is 0 Å². The second-order valence-corrected chi connectivity index (χ2v) is 3.12. The molecular formula is C11H14N4O3. The Morgan fingerprint density at radius 3 is 2.44 bits per heavy atom. The van der Waals surface area contributed by atoms with Crippen LogP contribution in [0.15, 0.2) is 35.3 Å². The van der Waals surface area contributed by atoms with Crippen LogP contribution in [0.4, 0.5) is 15.3 Å². The number of rotatable bonds is 1. The minimum Gasteiger partial charge on any atom is -0.468 e. The van der Waals surface area contributed by atoms with Crippen molar-refractivity contribution in [3.63, 3.8) is 0 Å². The van der Waals surface area contributed by atoms with Crippen molar-refractivity contribution in [2.75, 3.05) is 19.5 Å². The number of amides is 4. The molecule has 18 heavy (non-hydrogen) atoms. The summed E-state index contributed by atoms with van der Waals surface area (Å²) >= 11 is 0. The zero-order chi connectivity index (χ0) is 13.4. The molecule has 0 saturated heterocycles. The van der Waals surface area contributed by atoms with Gasteiger partial charge in [0.1, 0.15) is 0 Å². The highest BCUT2D eigenvalue weighted by molar-refractivity contribution is 6.03. The molecule has 0 aliphatic heterocycles. The number of ether oxygens (including phenoxy) is 1. The molecular weight excluding hydrogens is 236 g/mol. The average molecular weight is 250 g/mol. The van der Waals surface area contributed by atoms with Crippen LogP contribution >= 0.6 is 0 Å². The summed E-state index contributed by atoms with van der Waals surface area (Å²) in [6.45, 7) is 0. The first-order valence-electron chi connectivity index (χ1n) is 5.13. The molecule has 1 aromatic carbocycles. The van der Waals surface area contributed by atoms with Gasteiger partial charge >= 0.3 is 18.1 Å². The Hall–Kier alpha value is -2.57. The minimum atomic E-state index is -0.619. The van der Waals surface area contributed by atoms with E-state index in [1.165, 1.54) is 14.2 Å². The molecule has 0 fully saturated rings.